The van der Waals surface area contributed by atoms with Crippen molar-refractivity contribution in [1.82, 2.24) is 0 Å². The number of ether oxygens (including phenoxy) is 4. The highest BCUT2D eigenvalue weighted by Gasteiger charge is 2.22. The highest BCUT2D eigenvalue weighted by Crippen LogP contribution is 2.45. The molecule has 0 aliphatic rings. The number of rotatable bonds is 5. The molecule has 30 heavy (non-hydrogen) atoms. The minimum Gasteiger partial charge on any atom is -0.449 e. The van der Waals surface area contributed by atoms with Crippen LogP contribution in [-0.2, 0) is 0 Å². The molecule has 0 unspecified atom stereocenters. The van der Waals surface area contributed by atoms with Crippen LogP contribution in [0.25, 0.3) is 11.1 Å². The van der Waals surface area contributed by atoms with Gasteiger partial charge in [0.2, 0.25) is 0 Å². The Bertz CT molecular complexity index is 966. The number of hydrogen-bond acceptors (Lipinski definition) is 8. The molecule has 158 valence electrons. The summed E-state index contributed by atoms with van der Waals surface area (Å²) in [6.45, 7) is 0. The Balaban J connectivity index is 2.69. The van der Waals surface area contributed by atoms with E-state index in [4.69, 9.17) is 20.4 Å². The Kier molecular flexibility index (Phi) is 7.07. The summed E-state index contributed by atoms with van der Waals surface area (Å²) in [6.07, 6.45) is -6.95. The summed E-state index contributed by atoms with van der Waals surface area (Å²) in [5.41, 5.74) is 0.348. The molecule has 0 fully saturated rings. The van der Waals surface area contributed by atoms with E-state index in [1.807, 2.05) is 0 Å². The number of benzene rings is 2. The quantitative estimate of drug-likeness (QED) is 0.284. The van der Waals surface area contributed by atoms with E-state index in [0.717, 1.165) is 24.3 Å². The summed E-state index contributed by atoms with van der Waals surface area (Å²) in [5, 5.41) is 35.3. The lowest BCUT2D eigenvalue weighted by Gasteiger charge is -2.15. The summed E-state index contributed by atoms with van der Waals surface area (Å²) in [7, 11) is 0. The van der Waals surface area contributed by atoms with Crippen LogP contribution >= 0.6 is 31.9 Å². The van der Waals surface area contributed by atoms with Gasteiger partial charge in [0.05, 0.1) is 0 Å². The fraction of sp³-hybridized carbons (Fsp3) is 0. The van der Waals surface area contributed by atoms with Crippen LogP contribution in [-0.4, -0.2) is 45.0 Å². The molecule has 0 saturated heterocycles. The van der Waals surface area contributed by atoms with Crippen molar-refractivity contribution in [3.8, 4) is 34.1 Å². The van der Waals surface area contributed by atoms with Gasteiger partial charge in [-0.1, -0.05) is 31.9 Å². The van der Waals surface area contributed by atoms with E-state index >= 15 is 0 Å². The minimum atomic E-state index is -1.75. The van der Waals surface area contributed by atoms with E-state index < -0.39 is 47.6 Å². The van der Waals surface area contributed by atoms with E-state index in [1.54, 1.807) is 0 Å². The summed E-state index contributed by atoms with van der Waals surface area (Å²) in [5.74, 6) is -1.85. The molecule has 4 N–H and O–H groups in total. The highest BCUT2D eigenvalue weighted by atomic mass is 79.9. The molecular weight excluding hydrogens is 544 g/mol. The van der Waals surface area contributed by atoms with Crippen LogP contribution in [0.1, 0.15) is 0 Å². The summed E-state index contributed by atoms with van der Waals surface area (Å²) < 4.78 is 18.4. The Hall–Kier alpha value is -3.52. The molecule has 0 atom stereocenters. The fourth-order valence-corrected chi connectivity index (χ4v) is 3.25. The maximum Gasteiger partial charge on any atom is 0.511 e. The van der Waals surface area contributed by atoms with E-state index in [1.165, 1.54) is 0 Å². The van der Waals surface area contributed by atoms with E-state index in [0.29, 0.717) is 0 Å². The first kappa shape index (κ1) is 22.8. The summed E-state index contributed by atoms with van der Waals surface area (Å²) >= 11 is 6.33. The average molecular weight is 552 g/mol. The van der Waals surface area contributed by atoms with Gasteiger partial charge < -0.3 is 39.4 Å². The first-order chi connectivity index (χ1) is 14.0. The van der Waals surface area contributed by atoms with Crippen LogP contribution in [0.2, 0.25) is 0 Å². The summed E-state index contributed by atoms with van der Waals surface area (Å²) in [4.78, 5) is 43.5. The van der Waals surface area contributed by atoms with E-state index in [-0.39, 0.29) is 20.1 Å². The molecule has 14 heteroatoms. The number of hydrogen-bond donors (Lipinski definition) is 4. The molecule has 0 aromatic heterocycles. The molecule has 0 aliphatic carbocycles. The van der Waals surface area contributed by atoms with Crippen molar-refractivity contribution in [2.24, 2.45) is 0 Å². The lowest BCUT2D eigenvalue weighted by Crippen LogP contribution is -2.09. The van der Waals surface area contributed by atoms with Crippen LogP contribution in [0.4, 0.5) is 19.2 Å². The van der Waals surface area contributed by atoms with Gasteiger partial charge >= 0.3 is 24.6 Å². The zero-order valence-electron chi connectivity index (χ0n) is 14.1. The number of carbonyl (C=O) groups is 4. The topological polar surface area (TPSA) is 186 Å². The lowest BCUT2D eigenvalue weighted by atomic mass is 10.0. The molecule has 0 amide bonds. The van der Waals surface area contributed by atoms with Crippen molar-refractivity contribution in [1.29, 1.82) is 0 Å². The maximum atomic E-state index is 10.9. The van der Waals surface area contributed by atoms with E-state index in [2.05, 4.69) is 50.8 Å². The maximum absolute atomic E-state index is 10.9. The Labute approximate surface area is 182 Å². The normalized spacial score (nSPS) is 10.1. The van der Waals surface area contributed by atoms with Gasteiger partial charge in [-0.3, -0.25) is 0 Å². The van der Waals surface area contributed by atoms with Crippen LogP contribution < -0.4 is 18.9 Å². The van der Waals surface area contributed by atoms with Crippen LogP contribution in [0.15, 0.2) is 33.2 Å². The Morgan fingerprint density at radius 2 is 0.767 bits per heavy atom. The molecule has 0 spiro atoms. The number of halogens is 2. The van der Waals surface area contributed by atoms with Gasteiger partial charge in [-0.25, -0.2) is 19.2 Å². The zero-order valence-corrected chi connectivity index (χ0v) is 17.3. The van der Waals surface area contributed by atoms with Crippen LogP contribution in [0, 0.1) is 0 Å². The predicted molar refractivity (Wildman–Crippen MR) is 102 cm³/mol. The van der Waals surface area contributed by atoms with Crippen molar-refractivity contribution in [3.05, 3.63) is 33.2 Å². The van der Waals surface area contributed by atoms with Crippen molar-refractivity contribution in [3.63, 3.8) is 0 Å². The third kappa shape index (κ3) is 5.74. The first-order valence-electron chi connectivity index (χ1n) is 7.28. The van der Waals surface area contributed by atoms with Crippen molar-refractivity contribution in [2.45, 2.75) is 0 Å². The minimum absolute atomic E-state index is 0.174. The first-order valence-corrected chi connectivity index (χ1v) is 8.87. The molecule has 0 aliphatic heterocycles. The Morgan fingerprint density at radius 3 is 1.00 bits per heavy atom. The van der Waals surface area contributed by atoms with Gasteiger partial charge in [0.25, 0.3) is 0 Å². The van der Waals surface area contributed by atoms with Gasteiger partial charge in [0.1, 0.15) is 0 Å². The van der Waals surface area contributed by atoms with Crippen LogP contribution in [0.5, 0.6) is 23.0 Å². The SMILES string of the molecule is O=C(O)Oc1cc(Br)c(-c2cc(OC(=O)O)c(OC(=O)O)cc2Br)cc1OC(=O)O. The standard InChI is InChI=1S/C16H8Br2O12/c17-7-3-11(29-15(23)24)9(27-13(19)20)1-5(7)6-2-10(28-14(21)22)12(4-8(6)18)30-16(25)26/h1-4H,(H,19,20)(H,21,22)(H,23,24)(H,25,26). The lowest BCUT2D eigenvalue weighted by molar-refractivity contribution is 0.132. The molecule has 0 radical (unpaired) electrons. The van der Waals surface area contributed by atoms with E-state index in [9.17, 15) is 19.2 Å². The summed E-state index contributed by atoms with van der Waals surface area (Å²) in [6, 6.07) is 4.40. The van der Waals surface area contributed by atoms with Crippen molar-refractivity contribution in [2.75, 3.05) is 0 Å². The molecule has 0 saturated carbocycles. The molecule has 0 heterocycles. The second-order valence-electron chi connectivity index (χ2n) is 5.03. The third-order valence-corrected chi connectivity index (χ3v) is 4.46. The molecule has 2 aromatic carbocycles. The van der Waals surface area contributed by atoms with Crippen molar-refractivity contribution < 1.29 is 58.6 Å². The smallest absolute Gasteiger partial charge is 0.449 e. The molecule has 12 nitrogen and oxygen atoms in total. The third-order valence-electron chi connectivity index (χ3n) is 3.15. The highest BCUT2D eigenvalue weighted by molar-refractivity contribution is 9.11. The largest absolute Gasteiger partial charge is 0.511 e. The number of carboxylic acid groups (broad SMARTS) is 4. The molecule has 0 bridgehead atoms. The molecular formula is C16H8Br2O12. The fourth-order valence-electron chi connectivity index (χ4n) is 2.18. The second kappa shape index (κ2) is 9.32. The average Bonchev–Trinajstić information content (AvgIpc) is 2.58. The molecule has 2 rings (SSSR count). The van der Waals surface area contributed by atoms with Crippen molar-refractivity contribution >= 4 is 56.5 Å². The monoisotopic (exact) mass is 550 g/mol. The predicted octanol–water partition coefficient (Wildman–Crippen LogP) is 5.11. The van der Waals surface area contributed by atoms with Gasteiger partial charge in [-0.2, -0.15) is 0 Å². The van der Waals surface area contributed by atoms with Gasteiger partial charge in [-0.15, -0.1) is 0 Å². The second-order valence-corrected chi connectivity index (χ2v) is 6.74. The molecule has 2 aromatic rings. The zero-order chi connectivity index (χ0) is 22.6. The van der Waals surface area contributed by atoms with Gasteiger partial charge in [0, 0.05) is 20.1 Å². The van der Waals surface area contributed by atoms with Gasteiger partial charge in [0.15, 0.2) is 23.0 Å². The Morgan fingerprint density at radius 1 is 0.533 bits per heavy atom. The van der Waals surface area contributed by atoms with Gasteiger partial charge in [-0.05, 0) is 24.3 Å². The van der Waals surface area contributed by atoms with Crippen LogP contribution in [0.3, 0.4) is 0 Å².